The second-order valence-corrected chi connectivity index (χ2v) is 6.23. The van der Waals surface area contributed by atoms with E-state index in [1.807, 2.05) is 48.5 Å². The molecule has 0 aliphatic heterocycles. The Labute approximate surface area is 167 Å². The van der Waals surface area contributed by atoms with E-state index in [9.17, 15) is 0 Å². The van der Waals surface area contributed by atoms with Crippen molar-refractivity contribution in [2.24, 2.45) is 4.99 Å². The molecule has 0 aromatic heterocycles. The Kier molecular flexibility index (Phi) is 9.72. The van der Waals surface area contributed by atoms with Crippen LogP contribution < -0.4 is 20.1 Å². The summed E-state index contributed by atoms with van der Waals surface area (Å²) in [6.45, 7) is 5.56. The predicted molar refractivity (Wildman–Crippen MR) is 113 cm³/mol. The highest BCUT2D eigenvalue weighted by molar-refractivity contribution is 5.79. The molecule has 2 aromatic carbocycles. The minimum absolute atomic E-state index is 0.598. The number of hydrogen-bond donors (Lipinski definition) is 2. The van der Waals surface area contributed by atoms with Crippen LogP contribution in [0.3, 0.4) is 0 Å². The molecule has 0 heterocycles. The molecule has 0 aliphatic rings. The largest absolute Gasteiger partial charge is 0.497 e. The smallest absolute Gasteiger partial charge is 0.191 e. The van der Waals surface area contributed by atoms with Gasteiger partial charge in [-0.25, -0.2) is 4.99 Å². The van der Waals surface area contributed by atoms with Gasteiger partial charge in [0.2, 0.25) is 0 Å². The molecular formula is C22H31N3O3. The van der Waals surface area contributed by atoms with E-state index < -0.39 is 0 Å². The van der Waals surface area contributed by atoms with E-state index in [2.05, 4.69) is 22.5 Å². The molecule has 2 aromatic rings. The van der Waals surface area contributed by atoms with Crippen LogP contribution >= 0.6 is 0 Å². The molecule has 0 fully saturated rings. The van der Waals surface area contributed by atoms with E-state index in [0.717, 1.165) is 48.1 Å². The molecule has 0 aliphatic carbocycles. The Hall–Kier alpha value is -2.73. The molecule has 28 heavy (non-hydrogen) atoms. The molecule has 2 rings (SSSR count). The third-order valence-electron chi connectivity index (χ3n) is 4.08. The van der Waals surface area contributed by atoms with Crippen molar-refractivity contribution >= 4 is 5.96 Å². The summed E-state index contributed by atoms with van der Waals surface area (Å²) in [5, 5.41) is 6.61. The molecule has 0 radical (unpaired) electrons. The van der Waals surface area contributed by atoms with Gasteiger partial charge in [-0.05, 0) is 48.7 Å². The van der Waals surface area contributed by atoms with Crippen molar-refractivity contribution in [3.8, 4) is 11.5 Å². The lowest BCUT2D eigenvalue weighted by molar-refractivity contribution is 0.119. The third kappa shape index (κ3) is 7.88. The zero-order valence-electron chi connectivity index (χ0n) is 17.0. The number of hydrogen-bond acceptors (Lipinski definition) is 4. The molecule has 6 nitrogen and oxygen atoms in total. The lowest BCUT2D eigenvalue weighted by Crippen LogP contribution is -2.38. The van der Waals surface area contributed by atoms with Crippen molar-refractivity contribution in [3.05, 3.63) is 59.7 Å². The number of guanidine groups is 1. The standard InChI is InChI=1S/C22H31N3O3/c1-4-23-22(25-16-19-7-5-8-21(15-19)27-3)24-13-6-14-28-17-18-9-11-20(26-2)12-10-18/h5,7-12,15H,4,6,13-14,16-17H2,1-3H3,(H2,23,24,25). The Morgan fingerprint density at radius 1 is 0.929 bits per heavy atom. The average Bonchev–Trinajstić information content (AvgIpc) is 2.74. The van der Waals surface area contributed by atoms with E-state index in [4.69, 9.17) is 14.2 Å². The van der Waals surface area contributed by atoms with E-state index in [1.165, 1.54) is 0 Å². The van der Waals surface area contributed by atoms with Crippen LogP contribution in [0.5, 0.6) is 11.5 Å². The van der Waals surface area contributed by atoms with Gasteiger partial charge in [-0.1, -0.05) is 24.3 Å². The highest BCUT2D eigenvalue weighted by Crippen LogP contribution is 2.13. The second kappa shape index (κ2) is 12.6. The Morgan fingerprint density at radius 2 is 1.71 bits per heavy atom. The van der Waals surface area contributed by atoms with Crippen LogP contribution in [0.4, 0.5) is 0 Å². The van der Waals surface area contributed by atoms with Gasteiger partial charge in [0, 0.05) is 19.7 Å². The van der Waals surface area contributed by atoms with Gasteiger partial charge in [0.05, 0.1) is 27.4 Å². The van der Waals surface area contributed by atoms with Crippen LogP contribution in [0.1, 0.15) is 24.5 Å². The summed E-state index contributed by atoms with van der Waals surface area (Å²) < 4.78 is 16.1. The molecule has 0 saturated carbocycles. The molecule has 0 saturated heterocycles. The normalized spacial score (nSPS) is 11.2. The summed E-state index contributed by atoms with van der Waals surface area (Å²) in [5.74, 6) is 2.51. The minimum Gasteiger partial charge on any atom is -0.497 e. The van der Waals surface area contributed by atoms with E-state index in [-0.39, 0.29) is 0 Å². The molecule has 0 atom stereocenters. The van der Waals surface area contributed by atoms with Crippen LogP contribution in [0.25, 0.3) is 0 Å². The first kappa shape index (κ1) is 21.6. The van der Waals surface area contributed by atoms with Gasteiger partial charge in [-0.2, -0.15) is 0 Å². The molecular weight excluding hydrogens is 354 g/mol. The van der Waals surface area contributed by atoms with Crippen molar-refractivity contribution in [2.75, 3.05) is 33.9 Å². The summed E-state index contributed by atoms with van der Waals surface area (Å²) in [5.41, 5.74) is 2.25. The number of aliphatic imine (C=N–C) groups is 1. The van der Waals surface area contributed by atoms with Crippen molar-refractivity contribution in [1.82, 2.24) is 10.6 Å². The van der Waals surface area contributed by atoms with E-state index in [1.54, 1.807) is 14.2 Å². The first-order valence-corrected chi connectivity index (χ1v) is 9.61. The number of methoxy groups -OCH3 is 2. The van der Waals surface area contributed by atoms with Gasteiger partial charge in [-0.3, -0.25) is 0 Å². The first-order chi connectivity index (χ1) is 13.7. The fourth-order valence-corrected chi connectivity index (χ4v) is 2.58. The topological polar surface area (TPSA) is 64.1 Å². The fourth-order valence-electron chi connectivity index (χ4n) is 2.58. The highest BCUT2D eigenvalue weighted by atomic mass is 16.5. The van der Waals surface area contributed by atoms with Gasteiger partial charge >= 0.3 is 0 Å². The molecule has 0 bridgehead atoms. The Bertz CT molecular complexity index is 717. The Balaban J connectivity index is 1.68. The van der Waals surface area contributed by atoms with Gasteiger partial charge in [0.1, 0.15) is 11.5 Å². The third-order valence-corrected chi connectivity index (χ3v) is 4.08. The van der Waals surface area contributed by atoms with Crippen LogP contribution in [-0.4, -0.2) is 39.9 Å². The lowest BCUT2D eigenvalue weighted by atomic mass is 10.2. The van der Waals surface area contributed by atoms with E-state index >= 15 is 0 Å². The average molecular weight is 386 g/mol. The van der Waals surface area contributed by atoms with Crippen LogP contribution in [0, 0.1) is 0 Å². The van der Waals surface area contributed by atoms with Crippen molar-refractivity contribution in [1.29, 1.82) is 0 Å². The van der Waals surface area contributed by atoms with Crippen LogP contribution in [-0.2, 0) is 17.9 Å². The van der Waals surface area contributed by atoms with Gasteiger partial charge < -0.3 is 24.8 Å². The van der Waals surface area contributed by atoms with Gasteiger partial charge in [0.25, 0.3) is 0 Å². The zero-order valence-corrected chi connectivity index (χ0v) is 17.0. The lowest BCUT2D eigenvalue weighted by Gasteiger charge is -2.12. The second-order valence-electron chi connectivity index (χ2n) is 6.23. The minimum atomic E-state index is 0.598. The number of ether oxygens (including phenoxy) is 3. The number of benzene rings is 2. The summed E-state index contributed by atoms with van der Waals surface area (Å²) in [7, 11) is 3.34. The monoisotopic (exact) mass is 385 g/mol. The molecule has 152 valence electrons. The summed E-state index contributed by atoms with van der Waals surface area (Å²) in [4.78, 5) is 4.63. The quantitative estimate of drug-likeness (QED) is 0.353. The first-order valence-electron chi connectivity index (χ1n) is 9.61. The molecule has 0 spiro atoms. The maximum Gasteiger partial charge on any atom is 0.191 e. The summed E-state index contributed by atoms with van der Waals surface area (Å²) >= 11 is 0. The van der Waals surface area contributed by atoms with Crippen molar-refractivity contribution in [2.45, 2.75) is 26.5 Å². The molecule has 6 heteroatoms. The Morgan fingerprint density at radius 3 is 2.43 bits per heavy atom. The summed E-state index contributed by atoms with van der Waals surface area (Å²) in [6.07, 6.45) is 0.903. The maximum atomic E-state index is 5.73. The zero-order chi connectivity index (χ0) is 20.0. The van der Waals surface area contributed by atoms with Gasteiger partial charge in [-0.15, -0.1) is 0 Å². The fraction of sp³-hybridized carbons (Fsp3) is 0.409. The predicted octanol–water partition coefficient (Wildman–Crippen LogP) is 3.37. The van der Waals surface area contributed by atoms with Crippen LogP contribution in [0.2, 0.25) is 0 Å². The molecule has 0 amide bonds. The number of rotatable bonds is 11. The van der Waals surface area contributed by atoms with Crippen molar-refractivity contribution < 1.29 is 14.2 Å². The number of nitrogens with one attached hydrogen (secondary N) is 2. The van der Waals surface area contributed by atoms with E-state index in [0.29, 0.717) is 19.8 Å². The van der Waals surface area contributed by atoms with Crippen molar-refractivity contribution in [3.63, 3.8) is 0 Å². The SMILES string of the molecule is CCNC(=NCc1cccc(OC)c1)NCCCOCc1ccc(OC)cc1. The highest BCUT2D eigenvalue weighted by Gasteiger charge is 2.00. The summed E-state index contributed by atoms with van der Waals surface area (Å²) in [6, 6.07) is 15.9. The van der Waals surface area contributed by atoms with Gasteiger partial charge in [0.15, 0.2) is 5.96 Å². The molecule has 0 unspecified atom stereocenters. The number of nitrogens with zero attached hydrogens (tertiary/aromatic N) is 1. The maximum absolute atomic E-state index is 5.73. The molecule has 2 N–H and O–H groups in total. The van der Waals surface area contributed by atoms with Crippen LogP contribution in [0.15, 0.2) is 53.5 Å².